The van der Waals surface area contributed by atoms with Gasteiger partial charge in [0.05, 0.1) is 0 Å². The summed E-state index contributed by atoms with van der Waals surface area (Å²) in [6.07, 6.45) is 13.7. The summed E-state index contributed by atoms with van der Waals surface area (Å²) < 4.78 is 0. The summed E-state index contributed by atoms with van der Waals surface area (Å²) in [5.74, 6) is 0. The van der Waals surface area contributed by atoms with Gasteiger partial charge >= 0.3 is 0 Å². The van der Waals surface area contributed by atoms with Crippen LogP contribution in [0.3, 0.4) is 0 Å². The molecular formula is C16H30N2S. The van der Waals surface area contributed by atoms with Crippen LogP contribution >= 0.6 is 11.8 Å². The van der Waals surface area contributed by atoms with Crippen molar-refractivity contribution in [1.29, 1.82) is 0 Å². The van der Waals surface area contributed by atoms with Gasteiger partial charge in [0.25, 0.3) is 0 Å². The Labute approximate surface area is 123 Å². The van der Waals surface area contributed by atoms with E-state index in [-0.39, 0.29) is 0 Å². The van der Waals surface area contributed by atoms with Gasteiger partial charge in [-0.25, -0.2) is 0 Å². The fourth-order valence-corrected chi connectivity index (χ4v) is 5.79. The summed E-state index contributed by atoms with van der Waals surface area (Å²) in [5.41, 5.74) is 0. The Balaban J connectivity index is 1.63. The molecule has 19 heavy (non-hydrogen) atoms. The molecule has 1 saturated carbocycles. The van der Waals surface area contributed by atoms with Crippen molar-refractivity contribution >= 4 is 11.8 Å². The van der Waals surface area contributed by atoms with Gasteiger partial charge in [-0.3, -0.25) is 4.90 Å². The first kappa shape index (κ1) is 14.2. The van der Waals surface area contributed by atoms with E-state index in [4.69, 9.17) is 0 Å². The summed E-state index contributed by atoms with van der Waals surface area (Å²) in [6, 6.07) is 3.50. The van der Waals surface area contributed by atoms with E-state index in [2.05, 4.69) is 35.2 Å². The monoisotopic (exact) mass is 282 g/mol. The highest BCUT2D eigenvalue weighted by Crippen LogP contribution is 2.43. The standard InChI is InChI=1S/C16H30N2S/c1-3-9-17-12-10-13-7-8-14(11-12)18(13)15-5-4-6-16(15)19-2/h12-17H,3-11H2,1-2H3. The van der Waals surface area contributed by atoms with Crippen LogP contribution in [0.25, 0.3) is 0 Å². The van der Waals surface area contributed by atoms with Crippen LogP contribution in [0.1, 0.15) is 58.3 Å². The summed E-state index contributed by atoms with van der Waals surface area (Å²) >= 11 is 2.12. The van der Waals surface area contributed by atoms with Gasteiger partial charge in [0.2, 0.25) is 0 Å². The second-order valence-corrected chi connectivity index (χ2v) is 7.80. The lowest BCUT2D eigenvalue weighted by Gasteiger charge is -2.44. The summed E-state index contributed by atoms with van der Waals surface area (Å²) in [7, 11) is 0. The van der Waals surface area contributed by atoms with Gasteiger partial charge in [-0.05, 0) is 57.7 Å². The Morgan fingerprint density at radius 3 is 2.47 bits per heavy atom. The minimum atomic E-state index is 0.808. The lowest BCUT2D eigenvalue weighted by atomic mass is 9.94. The molecule has 1 aliphatic carbocycles. The van der Waals surface area contributed by atoms with Crippen LogP contribution < -0.4 is 5.32 Å². The van der Waals surface area contributed by atoms with Gasteiger partial charge in [0.15, 0.2) is 0 Å². The molecule has 3 rings (SSSR count). The number of hydrogen-bond donors (Lipinski definition) is 1. The lowest BCUT2D eigenvalue weighted by molar-refractivity contribution is 0.0745. The molecular weight excluding hydrogens is 252 g/mol. The van der Waals surface area contributed by atoms with Gasteiger partial charge < -0.3 is 5.32 Å². The third-order valence-electron chi connectivity index (χ3n) is 5.58. The summed E-state index contributed by atoms with van der Waals surface area (Å²) in [5, 5.41) is 4.70. The average Bonchev–Trinajstić information content (AvgIpc) is 2.98. The molecule has 2 heterocycles. The van der Waals surface area contributed by atoms with Crippen LogP contribution in [0.15, 0.2) is 0 Å². The normalized spacial score (nSPS) is 42.9. The van der Waals surface area contributed by atoms with Crippen LogP contribution in [-0.4, -0.2) is 47.1 Å². The van der Waals surface area contributed by atoms with E-state index >= 15 is 0 Å². The lowest BCUT2D eigenvalue weighted by Crippen LogP contribution is -2.54. The highest BCUT2D eigenvalue weighted by atomic mass is 32.2. The molecule has 4 atom stereocenters. The largest absolute Gasteiger partial charge is 0.314 e. The Kier molecular flexibility index (Phi) is 4.76. The van der Waals surface area contributed by atoms with Crippen molar-refractivity contribution in [2.75, 3.05) is 12.8 Å². The topological polar surface area (TPSA) is 15.3 Å². The quantitative estimate of drug-likeness (QED) is 0.833. The number of piperidine rings is 1. The minimum absolute atomic E-state index is 0.808. The van der Waals surface area contributed by atoms with Crippen molar-refractivity contribution in [3.63, 3.8) is 0 Å². The molecule has 2 nitrogen and oxygen atoms in total. The Morgan fingerprint density at radius 1 is 1.11 bits per heavy atom. The van der Waals surface area contributed by atoms with Gasteiger partial charge in [-0.1, -0.05) is 13.3 Å². The maximum absolute atomic E-state index is 3.78. The molecule has 1 N–H and O–H groups in total. The molecule has 0 amide bonds. The molecule has 0 aromatic carbocycles. The van der Waals surface area contributed by atoms with Crippen molar-refractivity contribution in [2.45, 2.75) is 87.7 Å². The van der Waals surface area contributed by atoms with E-state index in [1.54, 1.807) is 0 Å². The molecule has 0 radical (unpaired) electrons. The van der Waals surface area contributed by atoms with Gasteiger partial charge in [-0.2, -0.15) is 11.8 Å². The van der Waals surface area contributed by atoms with Crippen LogP contribution in [0.2, 0.25) is 0 Å². The predicted molar refractivity (Wildman–Crippen MR) is 84.9 cm³/mol. The van der Waals surface area contributed by atoms with Crippen molar-refractivity contribution < 1.29 is 0 Å². The van der Waals surface area contributed by atoms with Crippen molar-refractivity contribution in [2.24, 2.45) is 0 Å². The molecule has 0 spiro atoms. The van der Waals surface area contributed by atoms with E-state index in [1.165, 1.54) is 57.9 Å². The zero-order valence-corrected chi connectivity index (χ0v) is 13.4. The molecule has 0 aromatic heterocycles. The van der Waals surface area contributed by atoms with Crippen LogP contribution in [0.5, 0.6) is 0 Å². The third kappa shape index (κ3) is 2.84. The first-order valence-electron chi connectivity index (χ1n) is 8.37. The molecule has 2 bridgehead atoms. The summed E-state index contributed by atoms with van der Waals surface area (Å²) in [6.45, 7) is 3.49. The fourth-order valence-electron chi connectivity index (χ4n) is 4.79. The number of nitrogens with one attached hydrogen (secondary N) is 1. The number of rotatable bonds is 5. The van der Waals surface area contributed by atoms with Crippen molar-refractivity contribution in [3.05, 3.63) is 0 Å². The van der Waals surface area contributed by atoms with Gasteiger partial charge in [0, 0.05) is 29.4 Å². The molecule has 2 aliphatic heterocycles. The van der Waals surface area contributed by atoms with Crippen molar-refractivity contribution in [3.8, 4) is 0 Å². The van der Waals surface area contributed by atoms with Gasteiger partial charge in [-0.15, -0.1) is 0 Å². The smallest absolute Gasteiger partial charge is 0.0220 e. The zero-order valence-electron chi connectivity index (χ0n) is 12.6. The highest BCUT2D eigenvalue weighted by molar-refractivity contribution is 7.99. The van der Waals surface area contributed by atoms with E-state index in [9.17, 15) is 0 Å². The number of fused-ring (bicyclic) bond motifs is 2. The maximum Gasteiger partial charge on any atom is 0.0220 e. The maximum atomic E-state index is 3.78. The van der Waals surface area contributed by atoms with E-state index in [1.807, 2.05) is 0 Å². The number of thioether (sulfide) groups is 1. The van der Waals surface area contributed by atoms with Crippen LogP contribution in [0.4, 0.5) is 0 Å². The first-order valence-corrected chi connectivity index (χ1v) is 9.66. The SMILES string of the molecule is CCCNC1CC2CCC(C1)N2C1CCCC1SC. The Bertz CT molecular complexity index is 282. The van der Waals surface area contributed by atoms with Crippen LogP contribution in [0, 0.1) is 0 Å². The highest BCUT2D eigenvalue weighted by Gasteiger charge is 2.46. The molecule has 110 valence electrons. The average molecular weight is 282 g/mol. The zero-order chi connectivity index (χ0) is 13.2. The van der Waals surface area contributed by atoms with E-state index in [0.29, 0.717) is 0 Å². The molecule has 4 unspecified atom stereocenters. The third-order valence-corrected chi connectivity index (χ3v) is 6.73. The number of nitrogens with zero attached hydrogens (tertiary/aromatic N) is 1. The Morgan fingerprint density at radius 2 is 1.84 bits per heavy atom. The van der Waals surface area contributed by atoms with E-state index in [0.717, 1.165) is 29.4 Å². The molecule has 3 fully saturated rings. The molecule has 3 aliphatic rings. The second-order valence-electron chi connectivity index (χ2n) is 6.73. The Hall–Kier alpha value is 0.270. The number of hydrogen-bond acceptors (Lipinski definition) is 3. The van der Waals surface area contributed by atoms with E-state index < -0.39 is 0 Å². The summed E-state index contributed by atoms with van der Waals surface area (Å²) in [4.78, 5) is 2.97. The van der Waals surface area contributed by atoms with Crippen LogP contribution in [-0.2, 0) is 0 Å². The molecule has 3 heteroatoms. The first-order chi connectivity index (χ1) is 9.33. The second kappa shape index (κ2) is 6.36. The molecule has 2 saturated heterocycles. The molecule has 0 aromatic rings. The van der Waals surface area contributed by atoms with Crippen molar-refractivity contribution in [1.82, 2.24) is 10.2 Å². The van der Waals surface area contributed by atoms with Gasteiger partial charge in [0.1, 0.15) is 0 Å². The predicted octanol–water partition coefficient (Wildman–Crippen LogP) is 3.27. The fraction of sp³-hybridized carbons (Fsp3) is 1.00. The minimum Gasteiger partial charge on any atom is -0.314 e.